The highest BCUT2D eigenvalue weighted by Gasteiger charge is 2.59. The van der Waals surface area contributed by atoms with Gasteiger partial charge in [0.25, 0.3) is 0 Å². The molecular formula is C22H24O10. The minimum atomic E-state index is -2.55. The number of aliphatic hydroxyl groups is 4. The van der Waals surface area contributed by atoms with Crippen LogP contribution in [0.25, 0.3) is 6.08 Å². The quantitative estimate of drug-likeness (QED) is 0.225. The van der Waals surface area contributed by atoms with Gasteiger partial charge in [-0.1, -0.05) is 24.3 Å². The molecule has 0 saturated carbocycles. The molecule has 0 radical (unpaired) electrons. The average molecular weight is 448 g/mol. The summed E-state index contributed by atoms with van der Waals surface area (Å²) in [6, 6.07) is 12.3. The van der Waals surface area contributed by atoms with Crippen molar-refractivity contribution in [3.05, 3.63) is 60.2 Å². The second-order valence-corrected chi connectivity index (χ2v) is 6.97. The smallest absolute Gasteiger partial charge is 0.405 e. The Balaban J connectivity index is 1.87. The molecule has 1 aliphatic heterocycles. The number of ether oxygens (including phenoxy) is 4. The number of benzene rings is 2. The average Bonchev–Trinajstić information content (AvgIpc) is 2.80. The first-order chi connectivity index (χ1) is 15.3. The largest absolute Gasteiger partial charge is 0.504 e. The van der Waals surface area contributed by atoms with Gasteiger partial charge < -0.3 is 39.7 Å². The van der Waals surface area contributed by atoms with Gasteiger partial charge >= 0.3 is 11.9 Å². The van der Waals surface area contributed by atoms with Gasteiger partial charge in [-0.15, -0.1) is 0 Å². The van der Waals surface area contributed by atoms with Gasteiger partial charge in [0.05, 0.1) is 13.7 Å². The summed E-state index contributed by atoms with van der Waals surface area (Å²) in [4.78, 5) is 12.6. The van der Waals surface area contributed by atoms with Crippen LogP contribution in [0.3, 0.4) is 0 Å². The molecule has 5 N–H and O–H groups in total. The first-order valence-electron chi connectivity index (χ1n) is 9.64. The Morgan fingerprint density at radius 3 is 2.50 bits per heavy atom. The Morgan fingerprint density at radius 1 is 1.12 bits per heavy atom. The highest BCUT2D eigenvalue weighted by atomic mass is 16.9. The minimum absolute atomic E-state index is 0.0799. The van der Waals surface area contributed by atoms with Crippen molar-refractivity contribution in [2.45, 2.75) is 30.4 Å². The standard InChI is InChI=1S/C22H24O10/c1-29-16-11-13(7-9-15(16)24)8-10-18(25)32-22(30-14-5-3-2-4-6-14)21(28)20(27)19(26)17(12-23)31-22/h2-11,17,19-21,23-24,26-28H,12H2,1H3/t17-,19+,20+,21-,22+/m0/s1. The van der Waals surface area contributed by atoms with E-state index in [1.807, 2.05) is 0 Å². The Bertz CT molecular complexity index is 945. The highest BCUT2D eigenvalue weighted by molar-refractivity contribution is 5.87. The Hall–Kier alpha value is -3.15. The molecule has 2 aromatic carbocycles. The molecule has 1 saturated heterocycles. The van der Waals surface area contributed by atoms with Crippen LogP contribution in [-0.4, -0.2) is 75.6 Å². The third-order valence-electron chi connectivity index (χ3n) is 4.77. The number of aliphatic hydroxyl groups excluding tert-OH is 4. The molecule has 10 heteroatoms. The van der Waals surface area contributed by atoms with Crippen LogP contribution >= 0.6 is 0 Å². The van der Waals surface area contributed by atoms with Gasteiger partial charge in [0.15, 0.2) is 17.6 Å². The van der Waals surface area contributed by atoms with Crippen LogP contribution in [0, 0.1) is 0 Å². The van der Waals surface area contributed by atoms with E-state index in [2.05, 4.69) is 0 Å². The van der Waals surface area contributed by atoms with Crippen LogP contribution in [0.5, 0.6) is 17.2 Å². The zero-order chi connectivity index (χ0) is 23.3. The van der Waals surface area contributed by atoms with E-state index in [0.717, 1.165) is 6.08 Å². The molecule has 0 spiro atoms. The van der Waals surface area contributed by atoms with Crippen LogP contribution in [0.4, 0.5) is 0 Å². The molecule has 0 aliphatic carbocycles. The van der Waals surface area contributed by atoms with E-state index in [9.17, 15) is 30.3 Å². The molecule has 0 bridgehead atoms. The maximum absolute atomic E-state index is 12.6. The fourth-order valence-corrected chi connectivity index (χ4v) is 3.09. The number of hydrogen-bond acceptors (Lipinski definition) is 10. The number of methoxy groups -OCH3 is 1. The molecular weight excluding hydrogens is 424 g/mol. The van der Waals surface area contributed by atoms with E-state index in [1.165, 1.54) is 43.5 Å². The molecule has 2 aromatic rings. The van der Waals surface area contributed by atoms with Crippen molar-refractivity contribution in [3.63, 3.8) is 0 Å². The molecule has 3 rings (SSSR count). The van der Waals surface area contributed by atoms with Gasteiger partial charge in [-0.05, 0) is 35.9 Å². The van der Waals surface area contributed by atoms with E-state index < -0.39 is 43.0 Å². The molecule has 32 heavy (non-hydrogen) atoms. The number of phenolic OH excluding ortho intramolecular Hbond substituents is 1. The summed E-state index contributed by atoms with van der Waals surface area (Å²) in [7, 11) is 1.38. The third-order valence-corrected chi connectivity index (χ3v) is 4.77. The van der Waals surface area contributed by atoms with Gasteiger partial charge in [-0.3, -0.25) is 4.74 Å². The number of carbonyl (C=O) groups excluding carboxylic acids is 1. The second kappa shape index (κ2) is 9.98. The molecule has 0 aromatic heterocycles. The molecule has 1 heterocycles. The highest BCUT2D eigenvalue weighted by Crippen LogP contribution is 2.34. The first kappa shape index (κ1) is 23.5. The number of aromatic hydroxyl groups is 1. The minimum Gasteiger partial charge on any atom is -0.504 e. The summed E-state index contributed by atoms with van der Waals surface area (Å²) in [5.41, 5.74) is 0.489. The van der Waals surface area contributed by atoms with Gasteiger partial charge in [-0.2, -0.15) is 0 Å². The van der Waals surface area contributed by atoms with E-state index in [-0.39, 0.29) is 17.2 Å². The Morgan fingerprint density at radius 2 is 1.84 bits per heavy atom. The van der Waals surface area contributed by atoms with Gasteiger partial charge in [0.1, 0.15) is 24.1 Å². The van der Waals surface area contributed by atoms with Crippen molar-refractivity contribution in [2.75, 3.05) is 13.7 Å². The topological polar surface area (TPSA) is 155 Å². The van der Waals surface area contributed by atoms with Crippen LogP contribution < -0.4 is 9.47 Å². The normalized spacial score (nSPS) is 27.8. The van der Waals surface area contributed by atoms with Gasteiger partial charge in [0.2, 0.25) is 0 Å². The number of esters is 1. The Labute approximate surface area is 183 Å². The lowest BCUT2D eigenvalue weighted by atomic mass is 9.97. The summed E-state index contributed by atoms with van der Waals surface area (Å²) in [5, 5.41) is 50.0. The lowest BCUT2D eigenvalue weighted by molar-refractivity contribution is -0.420. The van der Waals surface area contributed by atoms with Crippen molar-refractivity contribution in [1.82, 2.24) is 0 Å². The number of carbonyl (C=O) groups is 1. The van der Waals surface area contributed by atoms with E-state index in [1.54, 1.807) is 18.2 Å². The Kier molecular flexibility index (Phi) is 7.33. The van der Waals surface area contributed by atoms with Crippen LogP contribution in [0.15, 0.2) is 54.6 Å². The van der Waals surface area contributed by atoms with Gasteiger partial charge in [-0.25, -0.2) is 4.79 Å². The van der Waals surface area contributed by atoms with E-state index in [0.29, 0.717) is 5.56 Å². The second-order valence-electron chi connectivity index (χ2n) is 6.97. The predicted octanol–water partition coefficient (Wildman–Crippen LogP) is 0.164. The maximum atomic E-state index is 12.6. The molecule has 1 aliphatic rings. The first-order valence-corrected chi connectivity index (χ1v) is 9.64. The van der Waals surface area contributed by atoms with E-state index >= 15 is 0 Å². The lowest BCUT2D eigenvalue weighted by Crippen LogP contribution is -2.68. The fraction of sp³-hybridized carbons (Fsp3) is 0.318. The SMILES string of the molecule is COc1cc(C=CC(=O)O[C@]2(Oc3ccccc3)O[C@@H](CO)[C@@H](O)[C@@H](O)[C@@H]2O)ccc1O. The molecule has 0 amide bonds. The number of rotatable bonds is 7. The maximum Gasteiger partial charge on any atom is 0.405 e. The summed E-state index contributed by atoms with van der Waals surface area (Å²) < 4.78 is 21.3. The molecule has 5 atom stereocenters. The molecule has 1 fully saturated rings. The van der Waals surface area contributed by atoms with Crippen LogP contribution in [0.2, 0.25) is 0 Å². The van der Waals surface area contributed by atoms with Crippen LogP contribution in [0.1, 0.15) is 5.56 Å². The van der Waals surface area contributed by atoms with Gasteiger partial charge in [0, 0.05) is 6.08 Å². The van der Waals surface area contributed by atoms with Crippen LogP contribution in [-0.2, 0) is 14.3 Å². The fourth-order valence-electron chi connectivity index (χ4n) is 3.09. The van der Waals surface area contributed by atoms with E-state index in [4.69, 9.17) is 18.9 Å². The number of hydrogen-bond donors (Lipinski definition) is 5. The van der Waals surface area contributed by atoms with Crippen molar-refractivity contribution in [1.29, 1.82) is 0 Å². The van der Waals surface area contributed by atoms with Crippen molar-refractivity contribution >= 4 is 12.0 Å². The summed E-state index contributed by atoms with van der Waals surface area (Å²) >= 11 is 0. The lowest BCUT2D eigenvalue weighted by Gasteiger charge is -2.45. The zero-order valence-electron chi connectivity index (χ0n) is 17.1. The zero-order valence-corrected chi connectivity index (χ0v) is 17.1. The number of para-hydroxylation sites is 1. The third kappa shape index (κ3) is 5.01. The molecule has 172 valence electrons. The molecule has 10 nitrogen and oxygen atoms in total. The summed E-state index contributed by atoms with van der Waals surface area (Å²) in [6.45, 7) is -0.745. The van der Waals surface area contributed by atoms with Crippen molar-refractivity contribution in [3.8, 4) is 17.2 Å². The summed E-state index contributed by atoms with van der Waals surface area (Å²) in [5.74, 6) is -3.33. The number of phenols is 1. The van der Waals surface area contributed by atoms with Crippen molar-refractivity contribution in [2.24, 2.45) is 0 Å². The molecule has 0 unspecified atom stereocenters. The predicted molar refractivity (Wildman–Crippen MR) is 110 cm³/mol. The summed E-state index contributed by atoms with van der Waals surface area (Å²) in [6.07, 6.45) is -4.56. The van der Waals surface area contributed by atoms with Crippen molar-refractivity contribution < 1.29 is 49.3 Å². The monoisotopic (exact) mass is 448 g/mol.